The summed E-state index contributed by atoms with van der Waals surface area (Å²) >= 11 is 1.73. The van der Waals surface area contributed by atoms with E-state index in [4.69, 9.17) is 4.99 Å². The molecule has 2 aromatic rings. The van der Waals surface area contributed by atoms with Gasteiger partial charge >= 0.3 is 0 Å². The van der Waals surface area contributed by atoms with E-state index in [2.05, 4.69) is 66.7 Å². The molecule has 0 aliphatic rings. The largest absolute Gasteiger partial charge is 0.357 e. The van der Waals surface area contributed by atoms with Gasteiger partial charge in [-0.1, -0.05) is 37.3 Å². The van der Waals surface area contributed by atoms with Gasteiger partial charge in [0.1, 0.15) is 0 Å². The van der Waals surface area contributed by atoms with Gasteiger partial charge < -0.3 is 10.6 Å². The number of nitrogens with zero attached hydrogens (tertiary/aromatic N) is 2. The van der Waals surface area contributed by atoms with Crippen molar-refractivity contribution >= 4 is 41.3 Å². The Morgan fingerprint density at radius 3 is 2.44 bits per heavy atom. The fourth-order valence-electron chi connectivity index (χ4n) is 2.66. The summed E-state index contributed by atoms with van der Waals surface area (Å²) in [6.07, 6.45) is 1.10. The van der Waals surface area contributed by atoms with Crippen LogP contribution >= 0.6 is 35.3 Å². The van der Waals surface area contributed by atoms with E-state index >= 15 is 0 Å². The molecule has 0 fully saturated rings. The molecule has 0 saturated heterocycles. The van der Waals surface area contributed by atoms with Gasteiger partial charge in [0.05, 0.1) is 17.2 Å². The summed E-state index contributed by atoms with van der Waals surface area (Å²) in [5.74, 6) is 1.36. The molecule has 138 valence electrons. The van der Waals surface area contributed by atoms with Gasteiger partial charge in [-0.05, 0) is 32.8 Å². The molecule has 0 saturated carbocycles. The van der Waals surface area contributed by atoms with E-state index in [-0.39, 0.29) is 24.0 Å². The van der Waals surface area contributed by atoms with E-state index in [0.717, 1.165) is 36.2 Å². The number of hydrogen-bond acceptors (Lipinski definition) is 3. The number of benzene rings is 1. The van der Waals surface area contributed by atoms with Crippen LogP contribution in [0.2, 0.25) is 0 Å². The summed E-state index contributed by atoms with van der Waals surface area (Å²) in [5.41, 5.74) is 2.46. The zero-order valence-electron chi connectivity index (χ0n) is 15.5. The minimum Gasteiger partial charge on any atom is -0.357 e. The van der Waals surface area contributed by atoms with Gasteiger partial charge in [-0.2, -0.15) is 0 Å². The molecule has 2 rings (SSSR count). The van der Waals surface area contributed by atoms with E-state index in [9.17, 15) is 0 Å². The van der Waals surface area contributed by atoms with Gasteiger partial charge in [0, 0.05) is 23.9 Å². The maximum Gasteiger partial charge on any atom is 0.191 e. The van der Waals surface area contributed by atoms with Crippen molar-refractivity contribution in [3.05, 3.63) is 51.5 Å². The van der Waals surface area contributed by atoms with E-state index in [0.29, 0.717) is 12.5 Å². The van der Waals surface area contributed by atoms with E-state index < -0.39 is 0 Å². The van der Waals surface area contributed by atoms with Crippen LogP contribution in [0, 0.1) is 13.8 Å². The number of aliphatic imine (C=N–C) groups is 1. The first-order valence-corrected chi connectivity index (χ1v) is 9.45. The Morgan fingerprint density at radius 2 is 1.88 bits per heavy atom. The lowest BCUT2D eigenvalue weighted by molar-refractivity contribution is 0.630. The Hall–Kier alpha value is -1.15. The summed E-state index contributed by atoms with van der Waals surface area (Å²) in [6, 6.07) is 10.7. The van der Waals surface area contributed by atoms with Crippen molar-refractivity contribution in [3.8, 4) is 0 Å². The van der Waals surface area contributed by atoms with Gasteiger partial charge in [0.25, 0.3) is 0 Å². The molecule has 1 heterocycles. The molecule has 25 heavy (non-hydrogen) atoms. The first-order chi connectivity index (χ1) is 11.6. The van der Waals surface area contributed by atoms with Crippen LogP contribution in [-0.4, -0.2) is 24.0 Å². The van der Waals surface area contributed by atoms with Crippen molar-refractivity contribution in [3.63, 3.8) is 0 Å². The average Bonchev–Trinajstić information content (AvgIpc) is 2.91. The lowest BCUT2D eigenvalue weighted by Crippen LogP contribution is -2.39. The third-order valence-corrected chi connectivity index (χ3v) is 5.06. The zero-order valence-corrected chi connectivity index (χ0v) is 18.7. The monoisotopic (exact) mass is 472 g/mol. The molecule has 1 aromatic carbocycles. The standard InChI is InChI=1S/C19H28N4S.HI/c1-5-16(17-10-8-7-9-11-17)12-21-19(20-6-2)22-13-18-14(3)23-15(4)24-18;/h7-11,16H,5-6,12-13H2,1-4H3,(H2,20,21,22);1H. The van der Waals surface area contributed by atoms with Crippen LogP contribution in [0.4, 0.5) is 0 Å². The summed E-state index contributed by atoms with van der Waals surface area (Å²) < 4.78 is 0. The molecule has 1 unspecified atom stereocenters. The van der Waals surface area contributed by atoms with Gasteiger partial charge in [0.15, 0.2) is 5.96 Å². The van der Waals surface area contributed by atoms with Crippen LogP contribution in [0.1, 0.15) is 47.3 Å². The second-order valence-electron chi connectivity index (χ2n) is 5.83. The Morgan fingerprint density at radius 1 is 1.16 bits per heavy atom. The maximum atomic E-state index is 4.72. The highest BCUT2D eigenvalue weighted by molar-refractivity contribution is 14.0. The van der Waals surface area contributed by atoms with Gasteiger partial charge in [-0.25, -0.2) is 9.98 Å². The molecule has 1 aromatic heterocycles. The number of aryl methyl sites for hydroxylation is 2. The number of rotatable bonds is 7. The SMILES string of the molecule is CCNC(=NCc1sc(C)nc1C)NCC(CC)c1ccccc1.I. The highest BCUT2D eigenvalue weighted by Crippen LogP contribution is 2.19. The predicted octanol–water partition coefficient (Wildman–Crippen LogP) is 4.63. The van der Waals surface area contributed by atoms with Crippen LogP contribution in [-0.2, 0) is 6.54 Å². The highest BCUT2D eigenvalue weighted by atomic mass is 127. The first-order valence-electron chi connectivity index (χ1n) is 8.64. The van der Waals surface area contributed by atoms with E-state index in [1.54, 1.807) is 11.3 Å². The van der Waals surface area contributed by atoms with Crippen molar-refractivity contribution in [2.75, 3.05) is 13.1 Å². The van der Waals surface area contributed by atoms with E-state index in [1.807, 2.05) is 6.92 Å². The summed E-state index contributed by atoms with van der Waals surface area (Å²) in [7, 11) is 0. The van der Waals surface area contributed by atoms with Crippen LogP contribution < -0.4 is 10.6 Å². The topological polar surface area (TPSA) is 49.3 Å². The fraction of sp³-hybridized carbons (Fsp3) is 0.474. The molecule has 0 aliphatic carbocycles. The first kappa shape index (κ1) is 21.9. The molecule has 0 spiro atoms. The van der Waals surface area contributed by atoms with Crippen molar-refractivity contribution < 1.29 is 0 Å². The van der Waals surface area contributed by atoms with Gasteiger partial charge in [-0.3, -0.25) is 0 Å². The van der Waals surface area contributed by atoms with Crippen molar-refractivity contribution in [2.45, 2.75) is 46.6 Å². The molecule has 0 bridgehead atoms. The second kappa shape index (κ2) is 11.5. The number of aromatic nitrogens is 1. The quantitative estimate of drug-likeness (QED) is 0.351. The zero-order chi connectivity index (χ0) is 17.4. The number of halogens is 1. The van der Waals surface area contributed by atoms with Crippen LogP contribution in [0.5, 0.6) is 0 Å². The van der Waals surface area contributed by atoms with E-state index in [1.165, 1.54) is 10.4 Å². The molecule has 4 nitrogen and oxygen atoms in total. The molecule has 2 N–H and O–H groups in total. The lowest BCUT2D eigenvalue weighted by atomic mass is 9.97. The van der Waals surface area contributed by atoms with Crippen molar-refractivity contribution in [2.24, 2.45) is 4.99 Å². The van der Waals surface area contributed by atoms with Gasteiger partial charge in [-0.15, -0.1) is 35.3 Å². The normalized spacial score (nSPS) is 12.4. The minimum atomic E-state index is 0. The molecule has 1 atom stereocenters. The Balaban J connectivity index is 0.00000312. The number of hydrogen-bond donors (Lipinski definition) is 2. The third kappa shape index (κ3) is 6.93. The Bertz CT molecular complexity index is 655. The van der Waals surface area contributed by atoms with Crippen molar-refractivity contribution in [1.29, 1.82) is 0 Å². The fourth-order valence-corrected chi connectivity index (χ4v) is 3.52. The Kier molecular flexibility index (Phi) is 10.0. The molecule has 0 radical (unpaired) electrons. The number of guanidine groups is 1. The molecule has 0 amide bonds. The number of thiazole rings is 1. The highest BCUT2D eigenvalue weighted by Gasteiger charge is 2.10. The summed E-state index contributed by atoms with van der Waals surface area (Å²) in [6.45, 7) is 10.8. The lowest BCUT2D eigenvalue weighted by Gasteiger charge is -2.18. The van der Waals surface area contributed by atoms with Crippen molar-refractivity contribution in [1.82, 2.24) is 15.6 Å². The minimum absolute atomic E-state index is 0. The second-order valence-corrected chi connectivity index (χ2v) is 7.12. The number of nitrogens with one attached hydrogen (secondary N) is 2. The molecule has 6 heteroatoms. The van der Waals surface area contributed by atoms with Crippen LogP contribution in [0.15, 0.2) is 35.3 Å². The van der Waals surface area contributed by atoms with Gasteiger partial charge in [0.2, 0.25) is 0 Å². The van der Waals surface area contributed by atoms with Crippen LogP contribution in [0.3, 0.4) is 0 Å². The van der Waals surface area contributed by atoms with Crippen LogP contribution in [0.25, 0.3) is 0 Å². The molecular formula is C19H29IN4S. The average molecular weight is 472 g/mol. The Labute approximate surface area is 172 Å². The predicted molar refractivity (Wildman–Crippen MR) is 119 cm³/mol. The molecular weight excluding hydrogens is 443 g/mol. The summed E-state index contributed by atoms with van der Waals surface area (Å²) in [5, 5.41) is 7.93. The third-order valence-electron chi connectivity index (χ3n) is 4.00. The maximum absolute atomic E-state index is 4.72. The molecule has 0 aliphatic heterocycles. The smallest absolute Gasteiger partial charge is 0.191 e. The summed E-state index contributed by atoms with van der Waals surface area (Å²) in [4.78, 5) is 10.4.